The Balaban J connectivity index is 1.66. The van der Waals surface area contributed by atoms with Crippen molar-refractivity contribution in [1.82, 2.24) is 20.4 Å². The molecule has 0 aliphatic carbocycles. The summed E-state index contributed by atoms with van der Waals surface area (Å²) >= 11 is 0. The van der Waals surface area contributed by atoms with Crippen LogP contribution in [0.2, 0.25) is 0 Å². The summed E-state index contributed by atoms with van der Waals surface area (Å²) in [5, 5.41) is 11.1. The van der Waals surface area contributed by atoms with Crippen molar-refractivity contribution in [3.63, 3.8) is 0 Å². The molecule has 1 saturated heterocycles. The molecule has 1 fully saturated rings. The molecule has 0 spiro atoms. The van der Waals surface area contributed by atoms with Crippen molar-refractivity contribution in [3.8, 4) is 17.0 Å². The second-order valence-electron chi connectivity index (χ2n) is 6.12. The third kappa shape index (κ3) is 3.92. The van der Waals surface area contributed by atoms with Crippen LogP contribution in [0.15, 0.2) is 30.5 Å². The van der Waals surface area contributed by atoms with Crippen molar-refractivity contribution in [2.24, 2.45) is 0 Å². The molecule has 0 bridgehead atoms. The second-order valence-corrected chi connectivity index (χ2v) is 6.12. The van der Waals surface area contributed by atoms with Gasteiger partial charge in [-0.2, -0.15) is 5.10 Å². The first-order valence-electron chi connectivity index (χ1n) is 8.42. The highest BCUT2D eigenvalue weighted by Crippen LogP contribution is 2.25. The van der Waals surface area contributed by atoms with Gasteiger partial charge in [-0.05, 0) is 38.1 Å². The Morgan fingerprint density at radius 3 is 3.17 bits per heavy atom. The number of methoxy groups -OCH3 is 1. The SMILES string of the molecule is CCN1CCCC(NCc2cn[nH]c2-c2cccc(OC)c2)C1. The number of H-pyrrole nitrogens is 1. The summed E-state index contributed by atoms with van der Waals surface area (Å²) in [7, 11) is 1.69. The Hall–Kier alpha value is -1.85. The number of aromatic nitrogens is 2. The number of nitrogens with one attached hydrogen (secondary N) is 2. The first-order valence-corrected chi connectivity index (χ1v) is 8.42. The van der Waals surface area contributed by atoms with E-state index < -0.39 is 0 Å². The molecule has 2 heterocycles. The number of nitrogens with zero attached hydrogens (tertiary/aromatic N) is 2. The van der Waals surface area contributed by atoms with Gasteiger partial charge < -0.3 is 15.0 Å². The van der Waals surface area contributed by atoms with Crippen molar-refractivity contribution < 1.29 is 4.74 Å². The largest absolute Gasteiger partial charge is 0.497 e. The summed E-state index contributed by atoms with van der Waals surface area (Å²) in [6.45, 7) is 6.59. The number of likely N-dealkylation sites (N-methyl/N-ethyl adjacent to an activating group) is 1. The zero-order valence-corrected chi connectivity index (χ0v) is 14.0. The lowest BCUT2D eigenvalue weighted by Crippen LogP contribution is -2.45. The van der Waals surface area contributed by atoms with Crippen LogP contribution in [0.5, 0.6) is 5.75 Å². The van der Waals surface area contributed by atoms with E-state index in [1.165, 1.54) is 24.9 Å². The molecule has 1 aromatic heterocycles. The molecule has 2 N–H and O–H groups in total. The summed E-state index contributed by atoms with van der Waals surface area (Å²) < 4.78 is 5.32. The molecule has 5 heteroatoms. The van der Waals surface area contributed by atoms with Gasteiger partial charge in [0.1, 0.15) is 5.75 Å². The molecule has 23 heavy (non-hydrogen) atoms. The Kier molecular flexibility index (Phi) is 5.31. The number of likely N-dealkylation sites (tertiary alicyclic amines) is 1. The lowest BCUT2D eigenvalue weighted by Gasteiger charge is -2.32. The van der Waals surface area contributed by atoms with Gasteiger partial charge in [-0.25, -0.2) is 0 Å². The van der Waals surface area contributed by atoms with Crippen LogP contribution in [0.25, 0.3) is 11.3 Å². The molecule has 1 aromatic carbocycles. The fraction of sp³-hybridized carbons (Fsp3) is 0.500. The maximum absolute atomic E-state index is 5.32. The van der Waals surface area contributed by atoms with E-state index in [0.717, 1.165) is 36.6 Å². The van der Waals surface area contributed by atoms with Crippen LogP contribution in [0, 0.1) is 0 Å². The van der Waals surface area contributed by atoms with E-state index in [9.17, 15) is 0 Å². The zero-order valence-electron chi connectivity index (χ0n) is 14.0. The first-order chi connectivity index (χ1) is 11.3. The predicted molar refractivity (Wildman–Crippen MR) is 92.6 cm³/mol. The molecule has 1 unspecified atom stereocenters. The number of ether oxygens (including phenoxy) is 1. The van der Waals surface area contributed by atoms with Gasteiger partial charge in [0.2, 0.25) is 0 Å². The summed E-state index contributed by atoms with van der Waals surface area (Å²) in [5.41, 5.74) is 3.38. The number of benzene rings is 1. The van der Waals surface area contributed by atoms with E-state index in [0.29, 0.717) is 6.04 Å². The summed E-state index contributed by atoms with van der Waals surface area (Å²) in [6, 6.07) is 8.65. The average Bonchev–Trinajstić information content (AvgIpc) is 3.09. The number of aromatic amines is 1. The molecule has 1 atom stereocenters. The van der Waals surface area contributed by atoms with Crippen LogP contribution < -0.4 is 10.1 Å². The van der Waals surface area contributed by atoms with Crippen LogP contribution in [0.4, 0.5) is 0 Å². The van der Waals surface area contributed by atoms with Crippen LogP contribution in [-0.4, -0.2) is 47.9 Å². The molecule has 2 aromatic rings. The molecular weight excluding hydrogens is 288 g/mol. The molecule has 5 nitrogen and oxygen atoms in total. The quantitative estimate of drug-likeness (QED) is 0.861. The van der Waals surface area contributed by atoms with E-state index in [-0.39, 0.29) is 0 Å². The fourth-order valence-corrected chi connectivity index (χ4v) is 3.24. The molecule has 124 valence electrons. The smallest absolute Gasteiger partial charge is 0.119 e. The van der Waals surface area contributed by atoms with E-state index in [2.05, 4.69) is 33.4 Å². The highest BCUT2D eigenvalue weighted by Gasteiger charge is 2.18. The molecule has 3 rings (SSSR count). The Bertz CT molecular complexity index is 625. The molecular formula is C18H26N4O. The van der Waals surface area contributed by atoms with Gasteiger partial charge in [-0.1, -0.05) is 19.1 Å². The van der Waals surface area contributed by atoms with Crippen molar-refractivity contribution >= 4 is 0 Å². The van der Waals surface area contributed by atoms with Gasteiger partial charge in [-0.15, -0.1) is 0 Å². The minimum atomic E-state index is 0.566. The summed E-state index contributed by atoms with van der Waals surface area (Å²) in [4.78, 5) is 2.51. The summed E-state index contributed by atoms with van der Waals surface area (Å²) in [5.74, 6) is 0.863. The standard InChI is InChI=1S/C18H26N4O/c1-3-22-9-5-7-16(13-22)19-11-15-12-20-21-18(15)14-6-4-8-17(10-14)23-2/h4,6,8,10,12,16,19H,3,5,7,9,11,13H2,1-2H3,(H,20,21). The summed E-state index contributed by atoms with van der Waals surface area (Å²) in [6.07, 6.45) is 4.45. The molecule has 0 saturated carbocycles. The molecule has 0 amide bonds. The lowest BCUT2D eigenvalue weighted by molar-refractivity contribution is 0.198. The van der Waals surface area contributed by atoms with Gasteiger partial charge in [0.25, 0.3) is 0 Å². The van der Waals surface area contributed by atoms with E-state index in [1.807, 2.05) is 24.4 Å². The molecule has 0 radical (unpaired) electrons. The van der Waals surface area contributed by atoms with Gasteiger partial charge in [0.05, 0.1) is 19.0 Å². The number of piperidine rings is 1. The molecule has 1 aliphatic rings. The van der Waals surface area contributed by atoms with Crippen LogP contribution in [0.1, 0.15) is 25.3 Å². The average molecular weight is 314 g/mol. The minimum Gasteiger partial charge on any atom is -0.497 e. The van der Waals surface area contributed by atoms with Crippen molar-refractivity contribution in [2.45, 2.75) is 32.4 Å². The van der Waals surface area contributed by atoms with Crippen molar-refractivity contribution in [2.75, 3.05) is 26.7 Å². The third-order valence-electron chi connectivity index (χ3n) is 4.61. The Morgan fingerprint density at radius 2 is 2.35 bits per heavy atom. The first kappa shape index (κ1) is 16.0. The Labute approximate surface area is 138 Å². The molecule has 1 aliphatic heterocycles. The van der Waals surface area contributed by atoms with Gasteiger partial charge in [0, 0.05) is 30.3 Å². The number of hydrogen-bond acceptors (Lipinski definition) is 4. The van der Waals surface area contributed by atoms with Gasteiger partial charge in [-0.3, -0.25) is 5.10 Å². The monoisotopic (exact) mass is 314 g/mol. The highest BCUT2D eigenvalue weighted by atomic mass is 16.5. The van der Waals surface area contributed by atoms with Crippen LogP contribution in [-0.2, 0) is 6.54 Å². The van der Waals surface area contributed by atoms with Crippen LogP contribution >= 0.6 is 0 Å². The topological polar surface area (TPSA) is 53.2 Å². The fourth-order valence-electron chi connectivity index (χ4n) is 3.24. The van der Waals surface area contributed by atoms with E-state index >= 15 is 0 Å². The predicted octanol–water partition coefficient (Wildman–Crippen LogP) is 2.66. The van der Waals surface area contributed by atoms with Crippen LogP contribution in [0.3, 0.4) is 0 Å². The maximum Gasteiger partial charge on any atom is 0.119 e. The number of hydrogen-bond donors (Lipinski definition) is 2. The van der Waals surface area contributed by atoms with Crippen molar-refractivity contribution in [1.29, 1.82) is 0 Å². The number of rotatable bonds is 6. The van der Waals surface area contributed by atoms with Gasteiger partial charge >= 0.3 is 0 Å². The lowest BCUT2D eigenvalue weighted by atomic mass is 10.0. The van der Waals surface area contributed by atoms with Gasteiger partial charge in [0.15, 0.2) is 0 Å². The highest BCUT2D eigenvalue weighted by molar-refractivity contribution is 5.64. The van der Waals surface area contributed by atoms with E-state index in [1.54, 1.807) is 7.11 Å². The zero-order chi connectivity index (χ0) is 16.1. The second kappa shape index (κ2) is 7.62. The third-order valence-corrected chi connectivity index (χ3v) is 4.61. The normalized spacial score (nSPS) is 19.0. The van der Waals surface area contributed by atoms with Crippen molar-refractivity contribution in [3.05, 3.63) is 36.0 Å². The Morgan fingerprint density at radius 1 is 1.43 bits per heavy atom. The van der Waals surface area contributed by atoms with E-state index in [4.69, 9.17) is 4.74 Å². The minimum absolute atomic E-state index is 0.566. The maximum atomic E-state index is 5.32.